The maximum atomic E-state index is 6.58. The number of hydrogen-bond acceptors (Lipinski definition) is 4. The van der Waals surface area contributed by atoms with Gasteiger partial charge < -0.3 is 16.5 Å². The Morgan fingerprint density at radius 1 is 0.500 bits per heavy atom. The summed E-state index contributed by atoms with van der Waals surface area (Å²) in [6.07, 6.45) is 0. The molecule has 0 atom stereocenters. The molecule has 0 spiro atoms. The van der Waals surface area contributed by atoms with Gasteiger partial charge in [0.2, 0.25) is 0 Å². The summed E-state index contributed by atoms with van der Waals surface area (Å²) in [7, 11) is -8.74. The van der Waals surface area contributed by atoms with E-state index >= 15 is 0 Å². The van der Waals surface area contributed by atoms with Gasteiger partial charge in [-0.15, -0.1) is 0 Å². The van der Waals surface area contributed by atoms with Crippen molar-refractivity contribution in [3.63, 3.8) is 0 Å². The summed E-state index contributed by atoms with van der Waals surface area (Å²) in [6.45, 7) is 17.3. The zero-order valence-electron chi connectivity index (χ0n) is 14.5. The molecule has 0 aromatic rings. The van der Waals surface area contributed by atoms with E-state index in [0.29, 0.717) is 0 Å². The Hall–Kier alpha value is 0.708. The Kier molecular flexibility index (Phi) is 6.05. The lowest BCUT2D eigenvalue weighted by Crippen LogP contribution is -2.66. The molecule has 4 nitrogen and oxygen atoms in total. The SMILES string of the molecule is CC[Si]1(CC)O[Si](C)(C)O[Si](CC)(CC)O[Si](C)(C)O1. The minimum Gasteiger partial charge on any atom is -0.416 e. The van der Waals surface area contributed by atoms with Crippen molar-refractivity contribution in [3.8, 4) is 0 Å². The van der Waals surface area contributed by atoms with Crippen LogP contribution >= 0.6 is 0 Å². The van der Waals surface area contributed by atoms with Gasteiger partial charge in [0.05, 0.1) is 0 Å². The fourth-order valence-electron chi connectivity index (χ4n) is 2.95. The molecule has 120 valence electrons. The second-order valence-corrected chi connectivity index (χ2v) is 21.8. The van der Waals surface area contributed by atoms with E-state index in [4.69, 9.17) is 16.5 Å². The molecule has 1 aliphatic rings. The van der Waals surface area contributed by atoms with E-state index in [-0.39, 0.29) is 0 Å². The van der Waals surface area contributed by atoms with Gasteiger partial charge in [-0.05, 0) is 50.4 Å². The van der Waals surface area contributed by atoms with Crippen molar-refractivity contribution < 1.29 is 16.5 Å². The summed E-state index contributed by atoms with van der Waals surface area (Å²) in [5, 5.41) is 0. The Balaban J connectivity index is 3.18. The first-order chi connectivity index (χ1) is 9.07. The highest BCUT2D eigenvalue weighted by molar-refractivity contribution is 6.93. The normalized spacial score (nSPS) is 27.6. The third kappa shape index (κ3) is 4.35. The molecule has 0 N–H and O–H groups in total. The van der Waals surface area contributed by atoms with Gasteiger partial charge in [-0.25, -0.2) is 0 Å². The molecule has 1 saturated heterocycles. The van der Waals surface area contributed by atoms with Gasteiger partial charge in [-0.3, -0.25) is 0 Å². The smallest absolute Gasteiger partial charge is 0.320 e. The Morgan fingerprint density at radius 3 is 0.850 bits per heavy atom. The van der Waals surface area contributed by atoms with E-state index in [1.807, 2.05) is 0 Å². The van der Waals surface area contributed by atoms with Crippen LogP contribution in [0.5, 0.6) is 0 Å². The van der Waals surface area contributed by atoms with Gasteiger partial charge in [-0.1, -0.05) is 27.7 Å². The molecule has 1 fully saturated rings. The second kappa shape index (κ2) is 6.45. The van der Waals surface area contributed by atoms with Gasteiger partial charge in [0.25, 0.3) is 0 Å². The van der Waals surface area contributed by atoms with E-state index in [1.165, 1.54) is 0 Å². The third-order valence-corrected chi connectivity index (χ3v) is 22.0. The summed E-state index contributed by atoms with van der Waals surface area (Å²) in [5.74, 6) is 0. The van der Waals surface area contributed by atoms with Gasteiger partial charge in [0.15, 0.2) is 0 Å². The monoisotopic (exact) mass is 352 g/mol. The van der Waals surface area contributed by atoms with Crippen molar-refractivity contribution in [2.24, 2.45) is 0 Å². The molecule has 0 unspecified atom stereocenters. The van der Waals surface area contributed by atoms with E-state index in [1.54, 1.807) is 0 Å². The molecule has 1 heterocycles. The topological polar surface area (TPSA) is 36.9 Å². The highest BCUT2D eigenvalue weighted by atomic mass is 28.5. The summed E-state index contributed by atoms with van der Waals surface area (Å²) < 4.78 is 26.3. The lowest BCUT2D eigenvalue weighted by molar-refractivity contribution is 0.225. The maximum absolute atomic E-state index is 6.58. The van der Waals surface area contributed by atoms with Gasteiger partial charge in [-0.2, -0.15) is 0 Å². The summed E-state index contributed by atoms with van der Waals surface area (Å²) in [6, 6.07) is 3.87. The maximum Gasteiger partial charge on any atom is 0.320 e. The van der Waals surface area contributed by atoms with Crippen LogP contribution in [0.25, 0.3) is 0 Å². The van der Waals surface area contributed by atoms with Crippen LogP contribution < -0.4 is 0 Å². The van der Waals surface area contributed by atoms with E-state index in [2.05, 4.69) is 53.9 Å². The lowest BCUT2D eigenvalue weighted by Gasteiger charge is -2.49. The van der Waals surface area contributed by atoms with Gasteiger partial charge in [0, 0.05) is 0 Å². The van der Waals surface area contributed by atoms with Crippen molar-refractivity contribution in [2.45, 2.75) is 78.1 Å². The quantitative estimate of drug-likeness (QED) is 0.701. The molecule has 20 heavy (non-hydrogen) atoms. The first-order valence-corrected chi connectivity index (χ1v) is 18.0. The molecule has 1 rings (SSSR count). The second-order valence-electron chi connectivity index (χ2n) is 6.44. The largest absolute Gasteiger partial charge is 0.416 e. The van der Waals surface area contributed by atoms with Crippen LogP contribution in [0.2, 0.25) is 50.4 Å². The van der Waals surface area contributed by atoms with E-state index < -0.39 is 34.2 Å². The van der Waals surface area contributed by atoms with Crippen molar-refractivity contribution in [1.29, 1.82) is 0 Å². The predicted molar refractivity (Wildman–Crippen MR) is 92.7 cm³/mol. The van der Waals surface area contributed by atoms with Crippen molar-refractivity contribution in [2.75, 3.05) is 0 Å². The standard InChI is InChI=1S/C12H32O4Si4/c1-9-19(10-2)13-17(5,6)15-20(11-3,12-4)16-18(7,8)14-19/h9-12H2,1-8H3. The molecule has 0 saturated carbocycles. The molecule has 0 aliphatic carbocycles. The minimum atomic E-state index is -2.19. The average molecular weight is 353 g/mol. The third-order valence-electron chi connectivity index (χ3n) is 3.88. The minimum absolute atomic E-state index is 0.968. The van der Waals surface area contributed by atoms with Crippen molar-refractivity contribution >= 4 is 34.2 Å². The summed E-state index contributed by atoms with van der Waals surface area (Å²) in [5.41, 5.74) is 0. The lowest BCUT2D eigenvalue weighted by atomic mass is 10.9. The van der Waals surface area contributed by atoms with Crippen LogP contribution in [0.4, 0.5) is 0 Å². The molecule has 0 bridgehead atoms. The molecular formula is C12H32O4Si4. The average Bonchev–Trinajstić information content (AvgIpc) is 2.34. The van der Waals surface area contributed by atoms with Crippen LogP contribution in [0, 0.1) is 0 Å². The van der Waals surface area contributed by atoms with Crippen molar-refractivity contribution in [3.05, 3.63) is 0 Å². The first-order valence-electron chi connectivity index (χ1n) is 7.88. The van der Waals surface area contributed by atoms with Crippen LogP contribution in [0.15, 0.2) is 0 Å². The predicted octanol–water partition coefficient (Wildman–Crippen LogP) is 4.43. The highest BCUT2D eigenvalue weighted by Gasteiger charge is 2.54. The molecule has 1 aliphatic heterocycles. The number of rotatable bonds is 4. The first kappa shape index (κ1) is 18.8. The van der Waals surface area contributed by atoms with Gasteiger partial charge in [0.1, 0.15) is 0 Å². The van der Waals surface area contributed by atoms with E-state index in [0.717, 1.165) is 24.2 Å². The van der Waals surface area contributed by atoms with E-state index in [9.17, 15) is 0 Å². The molecule has 0 amide bonds. The summed E-state index contributed by atoms with van der Waals surface area (Å²) in [4.78, 5) is 0. The zero-order valence-corrected chi connectivity index (χ0v) is 18.5. The molecule has 0 aromatic heterocycles. The molecule has 0 aromatic carbocycles. The zero-order chi connectivity index (χ0) is 15.7. The fraction of sp³-hybridized carbons (Fsp3) is 1.00. The Bertz CT molecular complexity index is 275. The highest BCUT2D eigenvalue weighted by Crippen LogP contribution is 2.36. The number of hydrogen-bond donors (Lipinski definition) is 0. The molecular weight excluding hydrogens is 320 g/mol. The van der Waals surface area contributed by atoms with Crippen LogP contribution in [-0.4, -0.2) is 34.2 Å². The van der Waals surface area contributed by atoms with Crippen molar-refractivity contribution in [1.82, 2.24) is 0 Å². The van der Waals surface area contributed by atoms with Crippen LogP contribution in [-0.2, 0) is 16.5 Å². The Morgan fingerprint density at radius 2 is 0.700 bits per heavy atom. The fourth-order valence-corrected chi connectivity index (χ4v) is 25.1. The Labute approximate surface area is 129 Å². The molecule has 0 radical (unpaired) electrons. The molecule has 8 heteroatoms. The van der Waals surface area contributed by atoms with Crippen LogP contribution in [0.3, 0.4) is 0 Å². The summed E-state index contributed by atoms with van der Waals surface area (Å²) >= 11 is 0. The van der Waals surface area contributed by atoms with Crippen LogP contribution in [0.1, 0.15) is 27.7 Å². The van der Waals surface area contributed by atoms with Gasteiger partial charge >= 0.3 is 34.2 Å².